The third kappa shape index (κ3) is 4.05. The molecule has 1 heterocycles. The summed E-state index contributed by atoms with van der Waals surface area (Å²) in [6.07, 6.45) is 5.22. The van der Waals surface area contributed by atoms with Crippen molar-refractivity contribution in [2.75, 3.05) is 18.8 Å². The molecule has 1 aromatic rings. The van der Waals surface area contributed by atoms with Gasteiger partial charge in [0.15, 0.2) is 0 Å². The van der Waals surface area contributed by atoms with Crippen LogP contribution in [0.4, 0.5) is 0 Å². The van der Waals surface area contributed by atoms with Gasteiger partial charge in [-0.1, -0.05) is 24.6 Å². The fraction of sp³-hybridized carbons (Fsp3) is 0.611. The summed E-state index contributed by atoms with van der Waals surface area (Å²) < 4.78 is 0. The summed E-state index contributed by atoms with van der Waals surface area (Å²) in [5.41, 5.74) is 6.09. The second-order valence-corrected chi connectivity index (χ2v) is 7.77. The quantitative estimate of drug-likeness (QED) is 0.848. The summed E-state index contributed by atoms with van der Waals surface area (Å²) in [6, 6.07) is 10.8. The first kappa shape index (κ1) is 15.9. The van der Waals surface area contributed by atoms with Crippen molar-refractivity contribution in [2.24, 2.45) is 17.6 Å². The number of thioether (sulfide) groups is 1. The average molecular weight is 318 g/mol. The number of benzene rings is 1. The van der Waals surface area contributed by atoms with E-state index in [1.807, 2.05) is 17.8 Å². The number of carbonyl (C=O) groups is 1. The average Bonchev–Trinajstić information content (AvgIpc) is 3.16. The predicted molar refractivity (Wildman–Crippen MR) is 91.8 cm³/mol. The minimum absolute atomic E-state index is 0.246. The van der Waals surface area contributed by atoms with Gasteiger partial charge in [0.05, 0.1) is 0 Å². The summed E-state index contributed by atoms with van der Waals surface area (Å²) in [5, 5.41) is 0. The minimum Gasteiger partial charge on any atom is -0.342 e. The van der Waals surface area contributed by atoms with E-state index in [2.05, 4.69) is 29.2 Å². The molecule has 1 aliphatic carbocycles. The highest BCUT2D eigenvalue weighted by atomic mass is 32.2. The van der Waals surface area contributed by atoms with Gasteiger partial charge in [0.25, 0.3) is 0 Å². The molecule has 4 heteroatoms. The Labute approximate surface area is 137 Å². The molecular formula is C18H26N2OS. The lowest BCUT2D eigenvalue weighted by Crippen LogP contribution is -2.34. The number of hydrogen-bond donors (Lipinski definition) is 1. The zero-order chi connectivity index (χ0) is 15.4. The SMILES string of the molecule is N[C@@H]1CCC[C@H]1CC(=O)N1CCC(CSc2ccccc2)C1. The van der Waals surface area contributed by atoms with Crippen LogP contribution in [0.2, 0.25) is 0 Å². The van der Waals surface area contributed by atoms with Crippen LogP contribution >= 0.6 is 11.8 Å². The first-order chi connectivity index (χ1) is 10.7. The van der Waals surface area contributed by atoms with E-state index < -0.39 is 0 Å². The van der Waals surface area contributed by atoms with Crippen molar-refractivity contribution in [3.8, 4) is 0 Å². The van der Waals surface area contributed by atoms with Gasteiger partial charge in [-0.2, -0.15) is 0 Å². The van der Waals surface area contributed by atoms with Crippen molar-refractivity contribution in [3.63, 3.8) is 0 Å². The fourth-order valence-electron chi connectivity index (χ4n) is 3.60. The lowest BCUT2D eigenvalue weighted by Gasteiger charge is -2.21. The Kier molecular flexibility index (Phi) is 5.42. The predicted octanol–water partition coefficient (Wildman–Crippen LogP) is 3.14. The molecule has 2 aliphatic rings. The highest BCUT2D eigenvalue weighted by Crippen LogP contribution is 2.30. The maximum atomic E-state index is 12.4. The second-order valence-electron chi connectivity index (χ2n) is 6.68. The van der Waals surface area contributed by atoms with Crippen molar-refractivity contribution >= 4 is 17.7 Å². The van der Waals surface area contributed by atoms with E-state index in [1.54, 1.807) is 0 Å². The Hall–Kier alpha value is -1.00. The molecule has 0 radical (unpaired) electrons. The Morgan fingerprint density at radius 3 is 2.77 bits per heavy atom. The Morgan fingerprint density at radius 1 is 1.23 bits per heavy atom. The standard InChI is InChI=1S/C18H26N2OS/c19-17-8-4-5-15(17)11-18(21)20-10-9-14(12-20)13-22-16-6-2-1-3-7-16/h1-3,6-7,14-15,17H,4-5,8-13,19H2/t14?,15-,17+/m0/s1. The van der Waals surface area contributed by atoms with Gasteiger partial charge in [0.2, 0.25) is 5.91 Å². The van der Waals surface area contributed by atoms with Crippen LogP contribution < -0.4 is 5.73 Å². The molecule has 3 rings (SSSR count). The van der Waals surface area contributed by atoms with Crippen LogP contribution in [0.15, 0.2) is 35.2 Å². The van der Waals surface area contributed by atoms with Crippen molar-refractivity contribution in [1.29, 1.82) is 0 Å². The van der Waals surface area contributed by atoms with E-state index in [4.69, 9.17) is 5.73 Å². The monoisotopic (exact) mass is 318 g/mol. The molecule has 1 aromatic carbocycles. The summed E-state index contributed by atoms with van der Waals surface area (Å²) in [6.45, 7) is 1.86. The first-order valence-corrected chi connectivity index (χ1v) is 9.42. The Balaban J connectivity index is 1.42. The van der Waals surface area contributed by atoms with Gasteiger partial charge in [-0.05, 0) is 43.2 Å². The van der Waals surface area contributed by atoms with Crippen LogP contribution in [0.1, 0.15) is 32.1 Å². The van der Waals surface area contributed by atoms with Gasteiger partial charge >= 0.3 is 0 Å². The molecule has 1 saturated heterocycles. The first-order valence-electron chi connectivity index (χ1n) is 8.43. The van der Waals surface area contributed by atoms with Gasteiger partial charge in [-0.25, -0.2) is 0 Å². The van der Waals surface area contributed by atoms with Crippen molar-refractivity contribution < 1.29 is 4.79 Å². The lowest BCUT2D eigenvalue weighted by atomic mass is 9.99. The molecule has 3 nitrogen and oxygen atoms in total. The van der Waals surface area contributed by atoms with E-state index in [0.29, 0.717) is 24.2 Å². The normalized spacial score (nSPS) is 28.2. The molecule has 120 valence electrons. The number of nitrogens with two attached hydrogens (primary N) is 1. The van der Waals surface area contributed by atoms with Crippen LogP contribution in [0, 0.1) is 11.8 Å². The molecule has 0 spiro atoms. The molecule has 2 N–H and O–H groups in total. The Bertz CT molecular complexity index is 493. The molecular weight excluding hydrogens is 292 g/mol. The minimum atomic E-state index is 0.246. The molecule has 2 fully saturated rings. The number of nitrogens with zero attached hydrogens (tertiary/aromatic N) is 1. The molecule has 1 saturated carbocycles. The summed E-state index contributed by atoms with van der Waals surface area (Å²) in [5.74, 6) is 2.49. The topological polar surface area (TPSA) is 46.3 Å². The smallest absolute Gasteiger partial charge is 0.222 e. The Morgan fingerprint density at radius 2 is 2.05 bits per heavy atom. The van der Waals surface area contributed by atoms with Crippen LogP contribution in [0.25, 0.3) is 0 Å². The second kappa shape index (κ2) is 7.51. The van der Waals surface area contributed by atoms with Gasteiger partial charge in [0.1, 0.15) is 0 Å². The van der Waals surface area contributed by atoms with Gasteiger partial charge in [0, 0.05) is 36.2 Å². The zero-order valence-corrected chi connectivity index (χ0v) is 13.9. The van der Waals surface area contributed by atoms with E-state index in [-0.39, 0.29) is 6.04 Å². The fourth-order valence-corrected chi connectivity index (χ4v) is 4.65. The third-order valence-electron chi connectivity index (χ3n) is 5.02. The number of carbonyl (C=O) groups excluding carboxylic acids is 1. The van der Waals surface area contributed by atoms with Gasteiger partial charge in [-0.15, -0.1) is 11.8 Å². The highest BCUT2D eigenvalue weighted by Gasteiger charge is 2.31. The van der Waals surface area contributed by atoms with Crippen LogP contribution in [0.5, 0.6) is 0 Å². The summed E-state index contributed by atoms with van der Waals surface area (Å²) in [7, 11) is 0. The zero-order valence-electron chi connectivity index (χ0n) is 13.1. The molecule has 22 heavy (non-hydrogen) atoms. The van der Waals surface area contributed by atoms with Crippen LogP contribution in [-0.2, 0) is 4.79 Å². The number of rotatable bonds is 5. The van der Waals surface area contributed by atoms with E-state index in [1.165, 1.54) is 11.3 Å². The van der Waals surface area contributed by atoms with Gasteiger partial charge < -0.3 is 10.6 Å². The van der Waals surface area contributed by atoms with Crippen LogP contribution in [0.3, 0.4) is 0 Å². The highest BCUT2D eigenvalue weighted by molar-refractivity contribution is 7.99. The molecule has 3 atom stereocenters. The van der Waals surface area contributed by atoms with Gasteiger partial charge in [-0.3, -0.25) is 4.79 Å². The van der Waals surface area contributed by atoms with Crippen LogP contribution in [-0.4, -0.2) is 35.7 Å². The van der Waals surface area contributed by atoms with E-state index >= 15 is 0 Å². The molecule has 1 amide bonds. The number of amides is 1. The van der Waals surface area contributed by atoms with Crippen molar-refractivity contribution in [3.05, 3.63) is 30.3 Å². The number of likely N-dealkylation sites (tertiary alicyclic amines) is 1. The largest absolute Gasteiger partial charge is 0.342 e. The summed E-state index contributed by atoms with van der Waals surface area (Å²) >= 11 is 1.91. The molecule has 1 unspecified atom stereocenters. The van der Waals surface area contributed by atoms with E-state index in [0.717, 1.165) is 38.1 Å². The number of hydrogen-bond acceptors (Lipinski definition) is 3. The molecule has 1 aliphatic heterocycles. The van der Waals surface area contributed by atoms with E-state index in [9.17, 15) is 4.79 Å². The lowest BCUT2D eigenvalue weighted by molar-refractivity contribution is -0.131. The third-order valence-corrected chi connectivity index (χ3v) is 6.27. The molecule has 0 aromatic heterocycles. The van der Waals surface area contributed by atoms with Crippen molar-refractivity contribution in [2.45, 2.75) is 43.0 Å². The maximum absolute atomic E-state index is 12.4. The summed E-state index contributed by atoms with van der Waals surface area (Å²) in [4.78, 5) is 15.8. The maximum Gasteiger partial charge on any atom is 0.222 e. The molecule has 0 bridgehead atoms. The van der Waals surface area contributed by atoms with Crippen molar-refractivity contribution in [1.82, 2.24) is 4.90 Å².